The highest BCUT2D eigenvalue weighted by molar-refractivity contribution is 5.99. The molecule has 3 aromatic rings. The Balaban J connectivity index is 1.44. The zero-order valence-electron chi connectivity index (χ0n) is 25.6. The van der Waals surface area contributed by atoms with Gasteiger partial charge >= 0.3 is 6.09 Å². The number of pyridine rings is 1. The van der Waals surface area contributed by atoms with Gasteiger partial charge in [-0.15, -0.1) is 0 Å². The molecule has 12 heteroatoms. The van der Waals surface area contributed by atoms with Gasteiger partial charge in [0.15, 0.2) is 0 Å². The molecule has 1 aromatic heterocycles. The van der Waals surface area contributed by atoms with Crippen molar-refractivity contribution in [2.75, 3.05) is 31.5 Å². The van der Waals surface area contributed by atoms with Gasteiger partial charge in [0.2, 0.25) is 5.91 Å². The molecule has 1 saturated heterocycles. The van der Waals surface area contributed by atoms with Crippen LogP contribution in [0.4, 0.5) is 19.4 Å². The number of amides is 3. The number of likely N-dealkylation sites (tertiary alicyclic amines) is 1. The van der Waals surface area contributed by atoms with Crippen LogP contribution in [0.3, 0.4) is 0 Å². The first kappa shape index (κ1) is 33.6. The molecule has 46 heavy (non-hydrogen) atoms. The van der Waals surface area contributed by atoms with Crippen LogP contribution in [0.1, 0.15) is 54.1 Å². The molecule has 3 amide bonds. The van der Waals surface area contributed by atoms with Crippen LogP contribution in [-0.4, -0.2) is 60.0 Å². The normalized spacial score (nSPS) is 13.9. The first-order valence-electron chi connectivity index (χ1n) is 15.0. The number of hydrogen-bond acceptors (Lipinski definition) is 7. The molecule has 0 radical (unpaired) electrons. The van der Waals surface area contributed by atoms with Gasteiger partial charge in [-0.1, -0.05) is 36.9 Å². The Morgan fingerprint density at radius 1 is 1.11 bits per heavy atom. The number of nitrogens with one attached hydrogen (secondary N) is 3. The Kier molecular flexibility index (Phi) is 11.8. The molecule has 0 spiro atoms. The van der Waals surface area contributed by atoms with Gasteiger partial charge in [-0.25, -0.2) is 18.6 Å². The van der Waals surface area contributed by atoms with Gasteiger partial charge in [0, 0.05) is 44.2 Å². The first-order valence-corrected chi connectivity index (χ1v) is 15.0. The molecule has 4 rings (SSSR count). The molecule has 1 atom stereocenters. The van der Waals surface area contributed by atoms with Crippen molar-refractivity contribution in [3.63, 3.8) is 0 Å². The summed E-state index contributed by atoms with van der Waals surface area (Å²) in [6.45, 7) is 6.28. The van der Waals surface area contributed by atoms with E-state index in [0.29, 0.717) is 25.8 Å². The van der Waals surface area contributed by atoms with Crippen LogP contribution in [0.15, 0.2) is 66.9 Å². The standard InChI is InChI=1S/C34H36F2N6O4/c1-22(2)46-34(45)39-15-6-13-30(43)42-17-7-11-26(42)21-40-33(44)28-19-29(36)31(27-12-4-3-9-24(27)20-37)41-32(28)38-16-14-23-8-5-10-25(35)18-23/h3-5,8-10,12,18-19,26H,1,6-7,11,13-17,21H2,2H3,(H,38,41)(H,39,45)(H,40,44)/t26-/m1/s1. The molecule has 0 unspecified atom stereocenters. The minimum atomic E-state index is -0.776. The molecular weight excluding hydrogens is 594 g/mol. The predicted molar refractivity (Wildman–Crippen MR) is 169 cm³/mol. The van der Waals surface area contributed by atoms with Gasteiger partial charge < -0.3 is 25.6 Å². The van der Waals surface area contributed by atoms with Gasteiger partial charge in [-0.3, -0.25) is 9.59 Å². The second-order valence-corrected chi connectivity index (χ2v) is 10.9. The van der Waals surface area contributed by atoms with Crippen molar-refractivity contribution in [1.29, 1.82) is 5.26 Å². The number of nitriles is 1. The number of allylic oxidation sites excluding steroid dienone is 1. The number of rotatable bonds is 13. The smallest absolute Gasteiger partial charge is 0.412 e. The summed E-state index contributed by atoms with van der Waals surface area (Å²) in [6.07, 6.45) is 1.86. The molecule has 2 aromatic carbocycles. The van der Waals surface area contributed by atoms with Crippen LogP contribution in [0.5, 0.6) is 0 Å². The average molecular weight is 631 g/mol. The highest BCUT2D eigenvalue weighted by Crippen LogP contribution is 2.28. The summed E-state index contributed by atoms with van der Waals surface area (Å²) < 4.78 is 34.0. The number of aromatic nitrogens is 1. The van der Waals surface area contributed by atoms with Crippen LogP contribution in [-0.2, 0) is 16.0 Å². The maximum absolute atomic E-state index is 15.5. The highest BCUT2D eigenvalue weighted by Gasteiger charge is 2.29. The number of ether oxygens (including phenoxy) is 1. The fourth-order valence-corrected chi connectivity index (χ4v) is 5.24. The van der Waals surface area contributed by atoms with Crippen LogP contribution < -0.4 is 16.0 Å². The van der Waals surface area contributed by atoms with Gasteiger partial charge in [-0.2, -0.15) is 5.26 Å². The molecule has 0 saturated carbocycles. The summed E-state index contributed by atoms with van der Waals surface area (Å²) in [7, 11) is 0. The zero-order chi connectivity index (χ0) is 33.1. The molecule has 240 valence electrons. The van der Waals surface area contributed by atoms with E-state index in [1.54, 1.807) is 48.2 Å². The largest absolute Gasteiger partial charge is 0.416 e. The van der Waals surface area contributed by atoms with E-state index < -0.39 is 17.8 Å². The van der Waals surface area contributed by atoms with Crippen molar-refractivity contribution in [2.24, 2.45) is 0 Å². The number of benzene rings is 2. The van der Waals surface area contributed by atoms with Gasteiger partial charge in [0.25, 0.3) is 5.91 Å². The molecule has 3 N–H and O–H groups in total. The second kappa shape index (κ2) is 16.1. The van der Waals surface area contributed by atoms with Crippen molar-refractivity contribution in [2.45, 2.75) is 45.1 Å². The minimum absolute atomic E-state index is 0.0430. The van der Waals surface area contributed by atoms with E-state index >= 15 is 4.39 Å². The van der Waals surface area contributed by atoms with Crippen molar-refractivity contribution in [3.05, 3.63) is 95.3 Å². The van der Waals surface area contributed by atoms with E-state index in [-0.39, 0.29) is 77.8 Å². The maximum atomic E-state index is 15.5. The lowest BCUT2D eigenvalue weighted by molar-refractivity contribution is -0.132. The second-order valence-electron chi connectivity index (χ2n) is 10.9. The van der Waals surface area contributed by atoms with Crippen LogP contribution in [0, 0.1) is 23.0 Å². The third-order valence-corrected chi connectivity index (χ3v) is 7.42. The summed E-state index contributed by atoms with van der Waals surface area (Å²) in [5, 5.41) is 18.0. The lowest BCUT2D eigenvalue weighted by atomic mass is 10.0. The SMILES string of the molecule is C=C(C)OC(=O)NCCCC(=O)N1CCC[C@@H]1CNC(=O)c1cc(F)c(-c2ccccc2C#N)nc1NCCc1cccc(F)c1. The summed E-state index contributed by atoms with van der Waals surface area (Å²) in [4.78, 5) is 44.1. The Hall–Kier alpha value is -5.31. The Bertz CT molecular complexity index is 1640. The number of hydrogen-bond donors (Lipinski definition) is 3. The molecule has 0 aliphatic carbocycles. The third kappa shape index (κ3) is 9.11. The monoisotopic (exact) mass is 630 g/mol. The van der Waals surface area contributed by atoms with E-state index in [4.69, 9.17) is 4.74 Å². The van der Waals surface area contributed by atoms with E-state index in [2.05, 4.69) is 27.5 Å². The van der Waals surface area contributed by atoms with E-state index in [1.165, 1.54) is 12.1 Å². The summed E-state index contributed by atoms with van der Waals surface area (Å²) in [5.74, 6) is -1.45. The molecule has 0 bridgehead atoms. The van der Waals surface area contributed by atoms with Crippen molar-refractivity contribution in [3.8, 4) is 17.3 Å². The lowest BCUT2D eigenvalue weighted by Crippen LogP contribution is -2.43. The summed E-state index contributed by atoms with van der Waals surface area (Å²) in [5.41, 5.74) is 1.11. The van der Waals surface area contributed by atoms with Gasteiger partial charge in [0.05, 0.1) is 23.0 Å². The molecule has 10 nitrogen and oxygen atoms in total. The fourth-order valence-electron chi connectivity index (χ4n) is 5.24. The lowest BCUT2D eigenvalue weighted by Gasteiger charge is -2.25. The fraction of sp³-hybridized carbons (Fsp3) is 0.324. The predicted octanol–water partition coefficient (Wildman–Crippen LogP) is 5.31. The highest BCUT2D eigenvalue weighted by atomic mass is 19.1. The van der Waals surface area contributed by atoms with Crippen molar-refractivity contribution < 1.29 is 27.9 Å². The maximum Gasteiger partial charge on any atom is 0.412 e. The molecular formula is C34H36F2N6O4. The number of carbonyl (C=O) groups is 3. The number of halogens is 2. The van der Waals surface area contributed by atoms with Gasteiger partial charge in [-0.05, 0) is 62.4 Å². The molecule has 1 aliphatic heterocycles. The zero-order valence-corrected chi connectivity index (χ0v) is 25.6. The third-order valence-electron chi connectivity index (χ3n) is 7.42. The summed E-state index contributed by atoms with van der Waals surface area (Å²) >= 11 is 0. The average Bonchev–Trinajstić information content (AvgIpc) is 3.51. The quantitative estimate of drug-likeness (QED) is 0.172. The Morgan fingerprint density at radius 3 is 2.67 bits per heavy atom. The number of alkyl carbamates (subject to hydrolysis) is 1. The van der Waals surface area contributed by atoms with E-state index in [1.807, 2.05) is 6.07 Å². The molecule has 1 fully saturated rings. The number of anilines is 1. The van der Waals surface area contributed by atoms with Crippen LogP contribution >= 0.6 is 0 Å². The number of nitrogens with zero attached hydrogens (tertiary/aromatic N) is 3. The molecule has 2 heterocycles. The van der Waals surface area contributed by atoms with E-state index in [0.717, 1.165) is 18.1 Å². The van der Waals surface area contributed by atoms with E-state index in [9.17, 15) is 24.0 Å². The Labute approximate surface area is 266 Å². The topological polar surface area (TPSA) is 136 Å². The van der Waals surface area contributed by atoms with Gasteiger partial charge in [0.1, 0.15) is 23.1 Å². The number of carbonyl (C=O) groups excluding carboxylic acids is 3. The Morgan fingerprint density at radius 2 is 1.91 bits per heavy atom. The van der Waals surface area contributed by atoms with Crippen LogP contribution in [0.2, 0.25) is 0 Å². The van der Waals surface area contributed by atoms with Crippen LogP contribution in [0.25, 0.3) is 11.3 Å². The van der Waals surface area contributed by atoms with Crippen molar-refractivity contribution >= 4 is 23.7 Å². The first-order chi connectivity index (χ1) is 22.2. The van der Waals surface area contributed by atoms with Crippen molar-refractivity contribution in [1.82, 2.24) is 20.5 Å². The molecule has 1 aliphatic rings. The minimum Gasteiger partial charge on any atom is -0.416 e. The summed E-state index contributed by atoms with van der Waals surface area (Å²) in [6, 6.07) is 15.5.